The quantitative estimate of drug-likeness (QED) is 0.715. The van der Waals surface area contributed by atoms with Crippen molar-refractivity contribution in [1.82, 2.24) is 20.1 Å². The molecular formula is C18H18F3N5O. The molecule has 3 aromatic rings. The number of carbonyl (C=O) groups excluding carboxylic acids is 1. The maximum Gasteiger partial charge on any atom is 0.417 e. The predicted molar refractivity (Wildman–Crippen MR) is 95.7 cm³/mol. The van der Waals surface area contributed by atoms with Crippen LogP contribution in [-0.4, -0.2) is 27.2 Å². The number of pyridine rings is 1. The number of aromatic nitrogens is 3. The zero-order valence-corrected chi connectivity index (χ0v) is 14.5. The van der Waals surface area contributed by atoms with E-state index in [1.54, 1.807) is 30.3 Å². The number of carbonyl (C=O) groups is 1. The SMILES string of the molecule is CCCNC(=O)Cn1nc(N)c2c(C(F)(F)F)cc(-c3ccccc3)nc21. The van der Waals surface area contributed by atoms with Gasteiger partial charge >= 0.3 is 6.18 Å². The van der Waals surface area contributed by atoms with E-state index in [0.717, 1.165) is 17.2 Å². The minimum Gasteiger partial charge on any atom is -0.382 e. The molecule has 6 nitrogen and oxygen atoms in total. The van der Waals surface area contributed by atoms with Crippen LogP contribution < -0.4 is 11.1 Å². The zero-order valence-electron chi connectivity index (χ0n) is 14.5. The molecule has 0 fully saturated rings. The van der Waals surface area contributed by atoms with Gasteiger partial charge in [-0.2, -0.15) is 18.3 Å². The smallest absolute Gasteiger partial charge is 0.382 e. The summed E-state index contributed by atoms with van der Waals surface area (Å²) in [5.74, 6) is -0.686. The number of nitrogens with one attached hydrogen (secondary N) is 1. The van der Waals surface area contributed by atoms with Gasteiger partial charge in [0.25, 0.3) is 0 Å². The van der Waals surface area contributed by atoms with Gasteiger partial charge in [0, 0.05) is 12.1 Å². The lowest BCUT2D eigenvalue weighted by Gasteiger charge is -2.11. The molecule has 9 heteroatoms. The minimum absolute atomic E-state index is 0.0761. The number of amides is 1. The van der Waals surface area contributed by atoms with Crippen molar-refractivity contribution in [2.45, 2.75) is 26.1 Å². The lowest BCUT2D eigenvalue weighted by Crippen LogP contribution is -2.28. The summed E-state index contributed by atoms with van der Waals surface area (Å²) in [4.78, 5) is 16.3. The predicted octanol–water partition coefficient (Wildman–Crippen LogP) is 3.23. The number of anilines is 1. The van der Waals surface area contributed by atoms with E-state index >= 15 is 0 Å². The van der Waals surface area contributed by atoms with Crippen molar-refractivity contribution in [3.8, 4) is 11.3 Å². The molecular weight excluding hydrogens is 359 g/mol. The Hall–Kier alpha value is -3.10. The van der Waals surface area contributed by atoms with Gasteiger partial charge in [0.1, 0.15) is 6.54 Å². The highest BCUT2D eigenvalue weighted by Crippen LogP contribution is 2.38. The van der Waals surface area contributed by atoms with Gasteiger partial charge in [0.2, 0.25) is 5.91 Å². The fraction of sp³-hybridized carbons (Fsp3) is 0.278. The Kier molecular flexibility index (Phi) is 5.02. The van der Waals surface area contributed by atoms with Gasteiger partial charge in [-0.25, -0.2) is 9.67 Å². The van der Waals surface area contributed by atoms with Crippen LogP contribution in [0.3, 0.4) is 0 Å². The molecule has 0 unspecified atom stereocenters. The number of benzene rings is 1. The van der Waals surface area contributed by atoms with Gasteiger partial charge in [0.05, 0.1) is 16.6 Å². The minimum atomic E-state index is -4.64. The van der Waals surface area contributed by atoms with Gasteiger partial charge in [-0.15, -0.1) is 0 Å². The van der Waals surface area contributed by atoms with E-state index in [0.29, 0.717) is 12.1 Å². The highest BCUT2D eigenvalue weighted by Gasteiger charge is 2.36. The number of hydrogen-bond donors (Lipinski definition) is 2. The van der Waals surface area contributed by atoms with E-state index in [1.165, 1.54) is 0 Å². The van der Waals surface area contributed by atoms with Crippen LogP contribution in [0, 0.1) is 0 Å². The van der Waals surface area contributed by atoms with Crippen molar-refractivity contribution in [3.63, 3.8) is 0 Å². The fourth-order valence-corrected chi connectivity index (χ4v) is 2.75. The first-order chi connectivity index (χ1) is 12.8. The zero-order chi connectivity index (χ0) is 19.6. The molecule has 3 N–H and O–H groups in total. The summed E-state index contributed by atoms with van der Waals surface area (Å²) in [6.07, 6.45) is -3.90. The van der Waals surface area contributed by atoms with E-state index in [2.05, 4.69) is 15.4 Å². The van der Waals surface area contributed by atoms with Gasteiger partial charge in [-0.1, -0.05) is 37.3 Å². The highest BCUT2D eigenvalue weighted by atomic mass is 19.4. The van der Waals surface area contributed by atoms with E-state index < -0.39 is 11.7 Å². The van der Waals surface area contributed by atoms with Crippen LogP contribution in [0.4, 0.5) is 19.0 Å². The van der Waals surface area contributed by atoms with E-state index in [-0.39, 0.29) is 35.0 Å². The van der Waals surface area contributed by atoms with Crippen molar-refractivity contribution < 1.29 is 18.0 Å². The van der Waals surface area contributed by atoms with Crippen LogP contribution in [-0.2, 0) is 17.5 Å². The van der Waals surface area contributed by atoms with Gasteiger partial charge in [-0.05, 0) is 12.5 Å². The Bertz CT molecular complexity index is 967. The Balaban J connectivity index is 2.17. The number of alkyl halides is 3. The summed E-state index contributed by atoms with van der Waals surface area (Å²) in [6, 6.07) is 9.44. The number of hydrogen-bond acceptors (Lipinski definition) is 4. The monoisotopic (exact) mass is 377 g/mol. The second-order valence-electron chi connectivity index (χ2n) is 6.01. The molecule has 0 saturated heterocycles. The summed E-state index contributed by atoms with van der Waals surface area (Å²) in [7, 11) is 0. The first kappa shape index (κ1) is 18.7. The van der Waals surface area contributed by atoms with E-state index in [4.69, 9.17) is 5.73 Å². The van der Waals surface area contributed by atoms with Crippen LogP contribution in [0.1, 0.15) is 18.9 Å². The Morgan fingerprint density at radius 1 is 1.26 bits per heavy atom. The molecule has 0 radical (unpaired) electrons. The Morgan fingerprint density at radius 2 is 1.96 bits per heavy atom. The second-order valence-corrected chi connectivity index (χ2v) is 6.01. The molecule has 0 aliphatic carbocycles. The topological polar surface area (TPSA) is 85.8 Å². The third-order valence-electron chi connectivity index (χ3n) is 3.97. The number of nitrogen functional groups attached to an aromatic ring is 1. The van der Waals surface area contributed by atoms with Crippen LogP contribution >= 0.6 is 0 Å². The molecule has 1 amide bonds. The standard InChI is InChI=1S/C18H18F3N5O/c1-2-8-23-14(27)10-26-17-15(16(22)25-26)12(18(19,20)21)9-13(24-17)11-6-4-3-5-7-11/h3-7,9H,2,8,10H2,1H3,(H2,22,25)(H,23,27). The average Bonchev–Trinajstić information content (AvgIpc) is 2.94. The summed E-state index contributed by atoms with van der Waals surface area (Å²) in [6.45, 7) is 2.09. The normalized spacial score (nSPS) is 11.7. The van der Waals surface area contributed by atoms with Crippen molar-refractivity contribution in [2.24, 2.45) is 0 Å². The van der Waals surface area contributed by atoms with Crippen molar-refractivity contribution >= 4 is 22.8 Å². The third-order valence-corrected chi connectivity index (χ3v) is 3.97. The number of halogens is 3. The molecule has 2 heterocycles. The molecule has 1 aromatic carbocycles. The first-order valence-electron chi connectivity index (χ1n) is 8.37. The van der Waals surface area contributed by atoms with Crippen molar-refractivity contribution in [1.29, 1.82) is 0 Å². The molecule has 2 aromatic heterocycles. The highest BCUT2D eigenvalue weighted by molar-refractivity contribution is 5.93. The number of fused-ring (bicyclic) bond motifs is 1. The van der Waals surface area contributed by atoms with Gasteiger partial charge < -0.3 is 11.1 Å². The molecule has 3 rings (SSSR count). The fourth-order valence-electron chi connectivity index (χ4n) is 2.75. The summed E-state index contributed by atoms with van der Waals surface area (Å²) in [5, 5.41) is 6.27. The third kappa shape index (κ3) is 3.86. The molecule has 0 atom stereocenters. The Labute approximate surface area is 153 Å². The maximum absolute atomic E-state index is 13.6. The van der Waals surface area contributed by atoms with Gasteiger partial charge in [0.15, 0.2) is 11.5 Å². The molecule has 0 aliphatic rings. The largest absolute Gasteiger partial charge is 0.417 e. The summed E-state index contributed by atoms with van der Waals surface area (Å²) in [5.41, 5.74) is 5.38. The lowest BCUT2D eigenvalue weighted by molar-refractivity contribution is -0.136. The molecule has 0 aliphatic heterocycles. The summed E-state index contributed by atoms with van der Waals surface area (Å²) >= 11 is 0. The van der Waals surface area contributed by atoms with Crippen molar-refractivity contribution in [2.75, 3.05) is 12.3 Å². The molecule has 0 bridgehead atoms. The second kappa shape index (κ2) is 7.26. The molecule has 0 spiro atoms. The molecule has 0 saturated carbocycles. The molecule has 142 valence electrons. The van der Waals surface area contributed by atoms with Crippen LogP contribution in [0.15, 0.2) is 36.4 Å². The van der Waals surface area contributed by atoms with E-state index in [9.17, 15) is 18.0 Å². The van der Waals surface area contributed by atoms with Crippen molar-refractivity contribution in [3.05, 3.63) is 42.0 Å². The molecule has 27 heavy (non-hydrogen) atoms. The summed E-state index contributed by atoms with van der Waals surface area (Å²) < 4.78 is 42.0. The van der Waals surface area contributed by atoms with Crippen LogP contribution in [0.2, 0.25) is 0 Å². The van der Waals surface area contributed by atoms with E-state index in [1.807, 2.05) is 6.92 Å². The van der Waals surface area contributed by atoms with Crippen LogP contribution in [0.25, 0.3) is 22.3 Å². The number of nitrogens with two attached hydrogens (primary N) is 1. The van der Waals surface area contributed by atoms with Gasteiger partial charge in [-0.3, -0.25) is 4.79 Å². The first-order valence-corrected chi connectivity index (χ1v) is 8.37. The lowest BCUT2D eigenvalue weighted by atomic mass is 10.1. The Morgan fingerprint density at radius 3 is 2.59 bits per heavy atom. The number of rotatable bonds is 5. The maximum atomic E-state index is 13.6. The van der Waals surface area contributed by atoms with Crippen LogP contribution in [0.5, 0.6) is 0 Å². The number of nitrogens with zero attached hydrogens (tertiary/aromatic N) is 3. The average molecular weight is 377 g/mol.